The van der Waals surface area contributed by atoms with Crippen molar-refractivity contribution in [3.8, 4) is 22.5 Å². The second kappa shape index (κ2) is 9.24. The number of pyridine rings is 1. The average Bonchev–Trinajstić information content (AvgIpc) is 3.28. The molecule has 1 aromatic carbocycles. The van der Waals surface area contributed by atoms with Gasteiger partial charge in [0.15, 0.2) is 0 Å². The van der Waals surface area contributed by atoms with Crippen molar-refractivity contribution in [3.63, 3.8) is 0 Å². The van der Waals surface area contributed by atoms with Crippen molar-refractivity contribution in [2.24, 2.45) is 0 Å². The van der Waals surface area contributed by atoms with E-state index in [0.29, 0.717) is 17.6 Å². The fourth-order valence-electron chi connectivity index (χ4n) is 4.37. The number of hydrogen-bond donors (Lipinski definition) is 2. The Kier molecular flexibility index (Phi) is 5.96. The van der Waals surface area contributed by atoms with Gasteiger partial charge in [-0.1, -0.05) is 17.7 Å². The summed E-state index contributed by atoms with van der Waals surface area (Å²) in [5.74, 6) is -0.949. The third-order valence-corrected chi connectivity index (χ3v) is 6.87. The maximum Gasteiger partial charge on any atom is 0.259 e. The van der Waals surface area contributed by atoms with Crippen LogP contribution in [0, 0.1) is 12.7 Å². The number of nitrogens with one attached hydrogen (secondary N) is 1. The first-order valence-electron chi connectivity index (χ1n) is 12.4. The van der Waals surface area contributed by atoms with Gasteiger partial charge in [0.05, 0.1) is 57.9 Å². The standard InChI is InChI=1S/C26H25ClFN9O2/c1-14-18(10-30-36(14)13-26(2,3)39)15-4-7-23-19(11-29-35(23)12-15)25(38)31-22-8-17(21(28)9-20(22)27)24-32-34-37(33-24)16-5-6-16/h4,7-12,16,39H,5-6,13H2,1-3H3,(H,31,38). The molecular weight excluding hydrogens is 525 g/mol. The van der Waals surface area contributed by atoms with E-state index in [0.717, 1.165) is 35.7 Å². The molecule has 200 valence electrons. The van der Waals surface area contributed by atoms with Crippen LogP contribution in [0.5, 0.6) is 0 Å². The Morgan fingerprint density at radius 1 is 1.21 bits per heavy atom. The van der Waals surface area contributed by atoms with Crippen LogP contribution in [0.3, 0.4) is 0 Å². The number of amides is 1. The number of anilines is 1. The summed E-state index contributed by atoms with van der Waals surface area (Å²) >= 11 is 6.26. The second-order valence-corrected chi connectivity index (χ2v) is 10.8. The summed E-state index contributed by atoms with van der Waals surface area (Å²) in [4.78, 5) is 14.7. The molecule has 6 rings (SSSR count). The number of nitrogens with zero attached hydrogens (tertiary/aromatic N) is 8. The van der Waals surface area contributed by atoms with Crippen molar-refractivity contribution in [3.05, 3.63) is 65.0 Å². The fourth-order valence-corrected chi connectivity index (χ4v) is 4.57. The van der Waals surface area contributed by atoms with Gasteiger partial charge in [0.1, 0.15) is 5.82 Å². The van der Waals surface area contributed by atoms with Crippen LogP contribution in [0.1, 0.15) is 48.8 Å². The summed E-state index contributed by atoms with van der Waals surface area (Å²) in [5, 5.41) is 33.9. The van der Waals surface area contributed by atoms with E-state index in [9.17, 15) is 14.3 Å². The highest BCUT2D eigenvalue weighted by Gasteiger charge is 2.27. The first-order chi connectivity index (χ1) is 18.6. The summed E-state index contributed by atoms with van der Waals surface area (Å²) in [6.07, 6.45) is 6.94. The summed E-state index contributed by atoms with van der Waals surface area (Å²) in [6, 6.07) is 6.39. The molecule has 1 amide bonds. The zero-order valence-corrected chi connectivity index (χ0v) is 22.2. The Bertz CT molecular complexity index is 1730. The third kappa shape index (κ3) is 4.88. The SMILES string of the molecule is Cc1c(-c2ccc3c(C(=O)Nc4cc(-c5nnn(C6CC6)n5)c(F)cc4Cl)cnn3c2)cnn1CC(C)(C)O. The van der Waals surface area contributed by atoms with E-state index in [1.54, 1.807) is 35.3 Å². The lowest BCUT2D eigenvalue weighted by atomic mass is 10.1. The van der Waals surface area contributed by atoms with Crippen LogP contribution in [-0.4, -0.2) is 56.2 Å². The van der Waals surface area contributed by atoms with E-state index in [2.05, 4.69) is 30.9 Å². The van der Waals surface area contributed by atoms with Crippen molar-refractivity contribution in [1.82, 2.24) is 39.6 Å². The van der Waals surface area contributed by atoms with Gasteiger partial charge < -0.3 is 10.4 Å². The van der Waals surface area contributed by atoms with Crippen molar-refractivity contribution in [2.75, 3.05) is 5.32 Å². The number of halogens is 2. The molecule has 39 heavy (non-hydrogen) atoms. The lowest BCUT2D eigenvalue weighted by molar-refractivity contribution is 0.0571. The molecule has 0 unspecified atom stereocenters. The molecule has 2 N–H and O–H groups in total. The third-order valence-electron chi connectivity index (χ3n) is 6.56. The van der Waals surface area contributed by atoms with Crippen molar-refractivity contribution >= 4 is 28.7 Å². The highest BCUT2D eigenvalue weighted by Crippen LogP contribution is 2.35. The molecule has 0 bridgehead atoms. The lowest BCUT2D eigenvalue weighted by Crippen LogP contribution is -2.27. The number of tetrazole rings is 1. The number of carbonyl (C=O) groups excluding carboxylic acids is 1. The van der Waals surface area contributed by atoms with Crippen LogP contribution in [0.25, 0.3) is 28.0 Å². The highest BCUT2D eigenvalue weighted by atomic mass is 35.5. The summed E-state index contributed by atoms with van der Waals surface area (Å²) in [5.41, 5.74) is 2.94. The van der Waals surface area contributed by atoms with Gasteiger partial charge in [-0.15, -0.1) is 10.2 Å². The van der Waals surface area contributed by atoms with Gasteiger partial charge in [-0.25, -0.2) is 8.91 Å². The maximum atomic E-state index is 14.7. The largest absolute Gasteiger partial charge is 0.389 e. The maximum absolute atomic E-state index is 14.7. The predicted molar refractivity (Wildman–Crippen MR) is 142 cm³/mol. The van der Waals surface area contributed by atoms with Crippen LogP contribution in [0.2, 0.25) is 5.02 Å². The molecule has 11 nitrogen and oxygen atoms in total. The van der Waals surface area contributed by atoms with Gasteiger partial charge >= 0.3 is 0 Å². The molecule has 5 aromatic rings. The van der Waals surface area contributed by atoms with Crippen molar-refractivity contribution < 1.29 is 14.3 Å². The average molecular weight is 550 g/mol. The van der Waals surface area contributed by atoms with E-state index >= 15 is 0 Å². The molecule has 0 atom stereocenters. The quantitative estimate of drug-likeness (QED) is 0.309. The highest BCUT2D eigenvalue weighted by molar-refractivity contribution is 6.34. The number of aliphatic hydroxyl groups is 1. The normalized spacial score (nSPS) is 13.8. The van der Waals surface area contributed by atoms with Crippen LogP contribution in [-0.2, 0) is 6.54 Å². The Labute approximate surface area is 227 Å². The molecule has 0 saturated heterocycles. The minimum absolute atomic E-state index is 0.0384. The van der Waals surface area contributed by atoms with Crippen LogP contribution in [0.4, 0.5) is 10.1 Å². The topological polar surface area (TPSA) is 128 Å². The molecule has 0 spiro atoms. The molecular formula is C26H25ClFN9O2. The summed E-state index contributed by atoms with van der Waals surface area (Å²) in [6.45, 7) is 5.75. The van der Waals surface area contributed by atoms with E-state index in [4.69, 9.17) is 11.6 Å². The van der Waals surface area contributed by atoms with Crippen LogP contribution >= 0.6 is 11.6 Å². The lowest BCUT2D eigenvalue weighted by Gasteiger charge is -2.18. The number of hydrogen-bond acceptors (Lipinski definition) is 7. The van der Waals surface area contributed by atoms with Gasteiger partial charge in [-0.05, 0) is 57.0 Å². The number of carbonyl (C=O) groups is 1. The molecule has 1 saturated carbocycles. The van der Waals surface area contributed by atoms with Gasteiger partial charge in [-0.2, -0.15) is 15.0 Å². The Morgan fingerprint density at radius 3 is 2.74 bits per heavy atom. The zero-order chi connectivity index (χ0) is 27.5. The molecule has 1 aliphatic rings. The minimum Gasteiger partial charge on any atom is -0.389 e. The van der Waals surface area contributed by atoms with E-state index in [-0.39, 0.29) is 28.1 Å². The molecule has 4 heterocycles. The Morgan fingerprint density at radius 2 is 2.00 bits per heavy atom. The van der Waals surface area contributed by atoms with Gasteiger partial charge in [0, 0.05) is 23.0 Å². The second-order valence-electron chi connectivity index (χ2n) is 10.4. The predicted octanol–water partition coefficient (Wildman–Crippen LogP) is 4.31. The number of aromatic nitrogens is 8. The molecule has 0 aliphatic heterocycles. The van der Waals surface area contributed by atoms with Crippen LogP contribution < -0.4 is 5.32 Å². The van der Waals surface area contributed by atoms with Gasteiger partial charge in [0.25, 0.3) is 5.91 Å². The van der Waals surface area contributed by atoms with Crippen molar-refractivity contribution in [1.29, 1.82) is 0 Å². The van der Waals surface area contributed by atoms with E-state index < -0.39 is 17.3 Å². The van der Waals surface area contributed by atoms with Gasteiger partial charge in [0.2, 0.25) is 5.82 Å². The minimum atomic E-state index is -0.901. The fraction of sp³-hybridized carbons (Fsp3) is 0.308. The van der Waals surface area contributed by atoms with Crippen LogP contribution in [0.15, 0.2) is 42.9 Å². The van der Waals surface area contributed by atoms with Gasteiger partial charge in [-0.3, -0.25) is 9.48 Å². The first kappa shape index (κ1) is 25.1. The smallest absolute Gasteiger partial charge is 0.259 e. The molecule has 13 heteroatoms. The Balaban J connectivity index is 1.26. The Hall–Kier alpha value is -4.16. The molecule has 0 radical (unpaired) electrons. The summed E-state index contributed by atoms with van der Waals surface area (Å²) in [7, 11) is 0. The molecule has 4 aromatic heterocycles. The summed E-state index contributed by atoms with van der Waals surface area (Å²) < 4.78 is 18.1. The monoisotopic (exact) mass is 549 g/mol. The molecule has 1 fully saturated rings. The van der Waals surface area contributed by atoms with E-state index in [1.807, 2.05) is 19.2 Å². The number of benzene rings is 1. The number of fused-ring (bicyclic) bond motifs is 1. The van der Waals surface area contributed by atoms with E-state index in [1.165, 1.54) is 17.1 Å². The number of rotatable bonds is 7. The zero-order valence-electron chi connectivity index (χ0n) is 21.4. The first-order valence-corrected chi connectivity index (χ1v) is 12.8. The van der Waals surface area contributed by atoms with Crippen molar-refractivity contribution in [2.45, 2.75) is 51.8 Å². The molecule has 1 aliphatic carbocycles.